The second-order valence-corrected chi connectivity index (χ2v) is 5.17. The monoisotopic (exact) mass is 290 g/mol. The van der Waals surface area contributed by atoms with Gasteiger partial charge in [0.1, 0.15) is 0 Å². The van der Waals surface area contributed by atoms with Crippen LogP contribution in [-0.2, 0) is 17.4 Å². The minimum Gasteiger partial charge on any atom is -0.481 e. The topological polar surface area (TPSA) is 63.1 Å². The number of nitrogens with zero attached hydrogens (tertiary/aromatic N) is 2. The molecule has 20 heavy (non-hydrogen) atoms. The van der Waals surface area contributed by atoms with Crippen LogP contribution in [0.25, 0.3) is 0 Å². The van der Waals surface area contributed by atoms with Crippen molar-refractivity contribution >= 4 is 5.97 Å². The lowest BCUT2D eigenvalue weighted by molar-refractivity contribution is -0.145. The van der Waals surface area contributed by atoms with Crippen molar-refractivity contribution < 1.29 is 23.1 Å². The Kier molecular flexibility index (Phi) is 4.73. The summed E-state index contributed by atoms with van der Waals surface area (Å²) in [4.78, 5) is 18.0. The van der Waals surface area contributed by atoms with E-state index >= 15 is 0 Å². The van der Waals surface area contributed by atoms with Gasteiger partial charge in [-0.3, -0.25) is 4.79 Å². The van der Waals surface area contributed by atoms with E-state index in [0.29, 0.717) is 0 Å². The van der Waals surface area contributed by atoms with E-state index in [-0.39, 0.29) is 35.2 Å². The van der Waals surface area contributed by atoms with Crippen LogP contribution in [0.1, 0.15) is 62.3 Å². The Morgan fingerprint density at radius 1 is 1.10 bits per heavy atom. The van der Waals surface area contributed by atoms with E-state index < -0.39 is 18.0 Å². The Hall–Kier alpha value is -1.66. The third-order valence-electron chi connectivity index (χ3n) is 2.75. The Morgan fingerprint density at radius 2 is 1.50 bits per heavy atom. The van der Waals surface area contributed by atoms with E-state index in [1.54, 1.807) is 27.7 Å². The van der Waals surface area contributed by atoms with Crippen molar-refractivity contribution in [2.45, 2.75) is 52.1 Å². The lowest BCUT2D eigenvalue weighted by Gasteiger charge is -2.19. The standard InChI is InChI=1S/C13H17F3N2O2/c1-6(2)10-8(5-9(19)20)11(7(3)4)18-12(17-10)13(14,15)16/h6-7H,5H2,1-4H3,(H,19,20). The summed E-state index contributed by atoms with van der Waals surface area (Å²) < 4.78 is 38.5. The Morgan fingerprint density at radius 3 is 1.75 bits per heavy atom. The van der Waals surface area contributed by atoms with Crippen LogP contribution < -0.4 is 0 Å². The Labute approximate surface area is 115 Å². The summed E-state index contributed by atoms with van der Waals surface area (Å²) in [5.74, 6) is -2.95. The zero-order valence-electron chi connectivity index (χ0n) is 11.7. The number of rotatable bonds is 4. The molecule has 0 aliphatic rings. The molecule has 1 aromatic heterocycles. The highest BCUT2D eigenvalue weighted by atomic mass is 19.4. The Balaban J connectivity index is 3.59. The first-order valence-corrected chi connectivity index (χ1v) is 6.23. The van der Waals surface area contributed by atoms with Gasteiger partial charge < -0.3 is 5.11 Å². The van der Waals surface area contributed by atoms with E-state index in [0.717, 1.165) is 0 Å². The van der Waals surface area contributed by atoms with Crippen LogP contribution in [0, 0.1) is 0 Å². The first-order chi connectivity index (χ1) is 9.04. The fourth-order valence-electron chi connectivity index (χ4n) is 1.93. The van der Waals surface area contributed by atoms with Gasteiger partial charge in [-0.2, -0.15) is 13.2 Å². The van der Waals surface area contributed by atoms with Gasteiger partial charge in [-0.15, -0.1) is 0 Å². The molecule has 7 heteroatoms. The van der Waals surface area contributed by atoms with E-state index in [1.165, 1.54) is 0 Å². The molecule has 0 saturated carbocycles. The molecule has 0 unspecified atom stereocenters. The highest BCUT2D eigenvalue weighted by Crippen LogP contribution is 2.32. The zero-order chi connectivity index (χ0) is 15.7. The molecule has 0 fully saturated rings. The second kappa shape index (κ2) is 5.76. The average Bonchev–Trinajstić information content (AvgIpc) is 2.25. The molecule has 1 heterocycles. The maximum atomic E-state index is 12.8. The summed E-state index contributed by atoms with van der Waals surface area (Å²) in [6.07, 6.45) is -5.02. The van der Waals surface area contributed by atoms with E-state index in [2.05, 4.69) is 9.97 Å². The number of hydrogen-bond acceptors (Lipinski definition) is 3. The van der Waals surface area contributed by atoms with Crippen LogP contribution in [0.5, 0.6) is 0 Å². The van der Waals surface area contributed by atoms with E-state index in [4.69, 9.17) is 5.11 Å². The summed E-state index contributed by atoms with van der Waals surface area (Å²) in [5.41, 5.74) is 0.590. The Bertz CT molecular complexity index is 482. The summed E-state index contributed by atoms with van der Waals surface area (Å²) in [6, 6.07) is 0. The molecule has 0 aromatic carbocycles. The number of carboxylic acids is 1. The summed E-state index contributed by atoms with van der Waals surface area (Å²) >= 11 is 0. The molecule has 0 saturated heterocycles. The number of aliphatic carboxylic acids is 1. The minimum absolute atomic E-state index is 0.151. The van der Waals surface area contributed by atoms with Crippen LogP contribution in [0.2, 0.25) is 0 Å². The van der Waals surface area contributed by atoms with Crippen molar-refractivity contribution in [2.24, 2.45) is 0 Å². The van der Waals surface area contributed by atoms with Crippen LogP contribution in [0.15, 0.2) is 0 Å². The smallest absolute Gasteiger partial charge is 0.451 e. The molecule has 1 rings (SSSR count). The minimum atomic E-state index is -4.64. The van der Waals surface area contributed by atoms with Gasteiger partial charge in [0.2, 0.25) is 5.82 Å². The molecule has 0 atom stereocenters. The molecular weight excluding hydrogens is 273 g/mol. The molecular formula is C13H17F3N2O2. The molecule has 4 nitrogen and oxygen atoms in total. The van der Waals surface area contributed by atoms with Gasteiger partial charge in [0, 0.05) is 5.56 Å². The predicted octanol–water partition coefficient (Wildman–Crippen LogP) is 3.37. The largest absolute Gasteiger partial charge is 0.481 e. The first kappa shape index (κ1) is 16.4. The van der Waals surface area contributed by atoms with Gasteiger partial charge >= 0.3 is 12.1 Å². The third kappa shape index (κ3) is 3.68. The summed E-state index contributed by atoms with van der Waals surface area (Å²) in [5, 5.41) is 8.93. The molecule has 0 amide bonds. The third-order valence-corrected chi connectivity index (χ3v) is 2.75. The van der Waals surface area contributed by atoms with Gasteiger partial charge in [0.05, 0.1) is 17.8 Å². The van der Waals surface area contributed by atoms with Crippen molar-refractivity contribution in [3.05, 3.63) is 22.8 Å². The van der Waals surface area contributed by atoms with Gasteiger partial charge in [0.15, 0.2) is 0 Å². The molecule has 1 N–H and O–H groups in total. The van der Waals surface area contributed by atoms with Crippen molar-refractivity contribution in [3.8, 4) is 0 Å². The van der Waals surface area contributed by atoms with Crippen LogP contribution >= 0.6 is 0 Å². The zero-order valence-corrected chi connectivity index (χ0v) is 11.7. The molecule has 0 bridgehead atoms. The lowest BCUT2D eigenvalue weighted by atomic mass is 9.95. The summed E-state index contributed by atoms with van der Waals surface area (Å²) in [6.45, 7) is 6.71. The number of halogens is 3. The van der Waals surface area contributed by atoms with Crippen molar-refractivity contribution in [2.75, 3.05) is 0 Å². The molecule has 0 aliphatic carbocycles. The van der Waals surface area contributed by atoms with E-state index in [9.17, 15) is 18.0 Å². The highest BCUT2D eigenvalue weighted by molar-refractivity contribution is 5.71. The normalized spacial score (nSPS) is 12.2. The van der Waals surface area contributed by atoms with Crippen LogP contribution in [0.3, 0.4) is 0 Å². The quantitative estimate of drug-likeness (QED) is 0.923. The van der Waals surface area contributed by atoms with Crippen molar-refractivity contribution in [3.63, 3.8) is 0 Å². The number of aromatic nitrogens is 2. The number of carbonyl (C=O) groups is 1. The predicted molar refractivity (Wildman–Crippen MR) is 66.6 cm³/mol. The van der Waals surface area contributed by atoms with Gasteiger partial charge in [-0.25, -0.2) is 9.97 Å². The van der Waals surface area contributed by atoms with Crippen LogP contribution in [-0.4, -0.2) is 21.0 Å². The van der Waals surface area contributed by atoms with Crippen molar-refractivity contribution in [1.82, 2.24) is 9.97 Å². The lowest BCUT2D eigenvalue weighted by Crippen LogP contribution is -2.20. The molecule has 0 radical (unpaired) electrons. The second-order valence-electron chi connectivity index (χ2n) is 5.17. The maximum absolute atomic E-state index is 12.8. The van der Waals surface area contributed by atoms with Crippen LogP contribution in [0.4, 0.5) is 13.2 Å². The fraction of sp³-hybridized carbons (Fsp3) is 0.615. The number of carboxylic acid groups (broad SMARTS) is 1. The molecule has 0 aliphatic heterocycles. The first-order valence-electron chi connectivity index (χ1n) is 6.23. The molecule has 0 spiro atoms. The number of alkyl halides is 3. The molecule has 112 valence electrons. The average molecular weight is 290 g/mol. The molecule has 1 aromatic rings. The number of hydrogen-bond donors (Lipinski definition) is 1. The van der Waals surface area contributed by atoms with Gasteiger partial charge in [0.25, 0.3) is 0 Å². The maximum Gasteiger partial charge on any atom is 0.451 e. The fourth-order valence-corrected chi connectivity index (χ4v) is 1.93. The van der Waals surface area contributed by atoms with Gasteiger partial charge in [-0.05, 0) is 11.8 Å². The van der Waals surface area contributed by atoms with E-state index in [1.807, 2.05) is 0 Å². The highest BCUT2D eigenvalue weighted by Gasteiger charge is 2.37. The summed E-state index contributed by atoms with van der Waals surface area (Å²) in [7, 11) is 0. The van der Waals surface area contributed by atoms with Gasteiger partial charge in [-0.1, -0.05) is 27.7 Å². The SMILES string of the molecule is CC(C)c1nc(C(F)(F)F)nc(C(C)C)c1CC(=O)O. The van der Waals surface area contributed by atoms with Crippen molar-refractivity contribution in [1.29, 1.82) is 0 Å².